The van der Waals surface area contributed by atoms with Crippen molar-refractivity contribution in [2.75, 3.05) is 12.4 Å². The molecule has 4 rings (SSSR count). The number of anilines is 1. The van der Waals surface area contributed by atoms with E-state index in [1.807, 2.05) is 60.7 Å². The maximum atomic E-state index is 12.6. The van der Waals surface area contributed by atoms with Gasteiger partial charge in [0.05, 0.1) is 12.5 Å². The molecule has 0 fully saturated rings. The molecule has 0 spiro atoms. The predicted molar refractivity (Wildman–Crippen MR) is 110 cm³/mol. The van der Waals surface area contributed by atoms with E-state index in [1.54, 1.807) is 25.4 Å². The summed E-state index contributed by atoms with van der Waals surface area (Å²) in [7, 11) is 1.62. The fourth-order valence-electron chi connectivity index (χ4n) is 2.89. The van der Waals surface area contributed by atoms with Crippen LogP contribution in [0.2, 0.25) is 0 Å². The van der Waals surface area contributed by atoms with Crippen molar-refractivity contribution in [3.8, 4) is 17.1 Å². The van der Waals surface area contributed by atoms with Crippen molar-refractivity contribution < 1.29 is 14.1 Å². The number of nitrogens with one attached hydrogen (secondary N) is 1. The SMILES string of the molecule is COc1ccc(NC=CC(=O)c2ccc3noc(-c4ccccc4)c3c2)cc1. The monoisotopic (exact) mass is 370 g/mol. The van der Waals surface area contributed by atoms with E-state index in [4.69, 9.17) is 9.26 Å². The van der Waals surface area contributed by atoms with Gasteiger partial charge in [0.25, 0.3) is 0 Å². The van der Waals surface area contributed by atoms with Crippen LogP contribution in [0, 0.1) is 0 Å². The van der Waals surface area contributed by atoms with Crippen LogP contribution in [0.1, 0.15) is 10.4 Å². The minimum atomic E-state index is -0.108. The summed E-state index contributed by atoms with van der Waals surface area (Å²) in [6.45, 7) is 0. The van der Waals surface area contributed by atoms with E-state index >= 15 is 0 Å². The van der Waals surface area contributed by atoms with Crippen molar-refractivity contribution >= 4 is 22.4 Å². The fraction of sp³-hybridized carbons (Fsp3) is 0.0435. The number of ether oxygens (including phenoxy) is 1. The van der Waals surface area contributed by atoms with Gasteiger partial charge >= 0.3 is 0 Å². The van der Waals surface area contributed by atoms with Crippen molar-refractivity contribution in [1.82, 2.24) is 5.16 Å². The Morgan fingerprint density at radius 1 is 1.04 bits per heavy atom. The van der Waals surface area contributed by atoms with Crippen molar-refractivity contribution in [2.24, 2.45) is 0 Å². The van der Waals surface area contributed by atoms with Gasteiger partial charge in [-0.15, -0.1) is 0 Å². The van der Waals surface area contributed by atoms with Crippen LogP contribution in [0.25, 0.3) is 22.2 Å². The lowest BCUT2D eigenvalue weighted by molar-refractivity contribution is 0.104. The molecular weight excluding hydrogens is 352 g/mol. The molecule has 28 heavy (non-hydrogen) atoms. The number of fused-ring (bicyclic) bond motifs is 1. The minimum Gasteiger partial charge on any atom is -0.497 e. The van der Waals surface area contributed by atoms with E-state index in [-0.39, 0.29) is 5.78 Å². The number of hydrogen-bond donors (Lipinski definition) is 1. The second kappa shape index (κ2) is 7.80. The van der Waals surface area contributed by atoms with E-state index < -0.39 is 0 Å². The van der Waals surface area contributed by atoms with Gasteiger partial charge in [-0.2, -0.15) is 0 Å². The van der Waals surface area contributed by atoms with Crippen LogP contribution < -0.4 is 10.1 Å². The summed E-state index contributed by atoms with van der Waals surface area (Å²) in [6.07, 6.45) is 3.13. The van der Waals surface area contributed by atoms with Gasteiger partial charge in [-0.05, 0) is 42.5 Å². The maximum Gasteiger partial charge on any atom is 0.187 e. The van der Waals surface area contributed by atoms with E-state index in [0.717, 1.165) is 27.9 Å². The normalized spacial score (nSPS) is 11.0. The Morgan fingerprint density at radius 2 is 1.82 bits per heavy atom. The number of allylic oxidation sites excluding steroid dienone is 1. The van der Waals surface area contributed by atoms with Crippen molar-refractivity contribution in [3.63, 3.8) is 0 Å². The molecule has 0 unspecified atom stereocenters. The molecule has 5 nitrogen and oxygen atoms in total. The molecular formula is C23H18N2O3. The molecule has 1 aromatic heterocycles. The van der Waals surface area contributed by atoms with Crippen molar-refractivity contribution in [1.29, 1.82) is 0 Å². The molecule has 1 N–H and O–H groups in total. The zero-order chi connectivity index (χ0) is 19.3. The molecule has 5 heteroatoms. The number of nitrogens with zero attached hydrogens (tertiary/aromatic N) is 1. The first kappa shape index (κ1) is 17.5. The molecule has 0 aliphatic rings. The van der Waals surface area contributed by atoms with Crippen LogP contribution in [0.3, 0.4) is 0 Å². The van der Waals surface area contributed by atoms with Crippen molar-refractivity contribution in [3.05, 3.63) is 90.6 Å². The Balaban J connectivity index is 1.53. The van der Waals surface area contributed by atoms with Gasteiger partial charge in [0.2, 0.25) is 0 Å². The third-order valence-electron chi connectivity index (χ3n) is 4.37. The first-order valence-corrected chi connectivity index (χ1v) is 8.81. The van der Waals surface area contributed by atoms with Gasteiger partial charge in [0.1, 0.15) is 11.3 Å². The van der Waals surface area contributed by atoms with Crippen LogP contribution in [0.5, 0.6) is 5.75 Å². The molecule has 0 amide bonds. The Hall–Kier alpha value is -3.86. The summed E-state index contributed by atoms with van der Waals surface area (Å²) in [6, 6.07) is 22.5. The second-order valence-electron chi connectivity index (χ2n) is 6.18. The van der Waals surface area contributed by atoms with Crippen LogP contribution in [0.15, 0.2) is 89.6 Å². The predicted octanol–water partition coefficient (Wildman–Crippen LogP) is 5.31. The lowest BCUT2D eigenvalue weighted by atomic mass is 10.0. The quantitative estimate of drug-likeness (QED) is 0.368. The number of methoxy groups -OCH3 is 1. The smallest absolute Gasteiger partial charge is 0.187 e. The highest BCUT2D eigenvalue weighted by Crippen LogP contribution is 2.29. The highest BCUT2D eigenvalue weighted by Gasteiger charge is 2.12. The average Bonchev–Trinajstić information content (AvgIpc) is 3.18. The molecule has 0 saturated carbocycles. The van der Waals surface area contributed by atoms with Gasteiger partial charge in [-0.3, -0.25) is 4.79 Å². The first-order chi connectivity index (χ1) is 13.7. The van der Waals surface area contributed by atoms with E-state index in [0.29, 0.717) is 11.3 Å². The highest BCUT2D eigenvalue weighted by molar-refractivity contribution is 6.07. The number of ketones is 1. The highest BCUT2D eigenvalue weighted by atomic mass is 16.5. The topological polar surface area (TPSA) is 64.4 Å². The summed E-state index contributed by atoms with van der Waals surface area (Å²) in [4.78, 5) is 12.6. The van der Waals surface area contributed by atoms with Crippen molar-refractivity contribution in [2.45, 2.75) is 0 Å². The molecule has 138 valence electrons. The van der Waals surface area contributed by atoms with Gasteiger partial charge in [0, 0.05) is 29.1 Å². The summed E-state index contributed by atoms with van der Waals surface area (Å²) in [5, 5.41) is 7.98. The van der Waals surface area contributed by atoms with Crippen LogP contribution in [-0.4, -0.2) is 18.0 Å². The van der Waals surface area contributed by atoms with E-state index in [2.05, 4.69) is 10.5 Å². The summed E-state index contributed by atoms with van der Waals surface area (Å²) >= 11 is 0. The lowest BCUT2D eigenvalue weighted by Crippen LogP contribution is -1.96. The number of hydrogen-bond acceptors (Lipinski definition) is 5. The second-order valence-corrected chi connectivity index (χ2v) is 6.18. The third kappa shape index (κ3) is 3.64. The Kier molecular flexibility index (Phi) is 4.89. The number of aromatic nitrogens is 1. The summed E-state index contributed by atoms with van der Waals surface area (Å²) < 4.78 is 10.6. The van der Waals surface area contributed by atoms with E-state index in [1.165, 1.54) is 6.08 Å². The average molecular weight is 370 g/mol. The molecule has 0 radical (unpaired) electrons. The van der Waals surface area contributed by atoms with E-state index in [9.17, 15) is 4.79 Å². The Labute approximate surface area is 162 Å². The molecule has 1 heterocycles. The third-order valence-corrected chi connectivity index (χ3v) is 4.37. The first-order valence-electron chi connectivity index (χ1n) is 8.81. The number of rotatable bonds is 6. The lowest BCUT2D eigenvalue weighted by Gasteiger charge is -2.03. The molecule has 3 aromatic carbocycles. The molecule has 0 aliphatic carbocycles. The summed E-state index contributed by atoms with van der Waals surface area (Å²) in [5.41, 5.74) is 3.08. The van der Waals surface area contributed by atoms with Gasteiger partial charge in [-0.25, -0.2) is 0 Å². The molecule has 0 atom stereocenters. The molecule has 0 bridgehead atoms. The van der Waals surface area contributed by atoms with Crippen LogP contribution in [0.4, 0.5) is 5.69 Å². The summed E-state index contributed by atoms with van der Waals surface area (Å²) in [5.74, 6) is 1.33. The van der Waals surface area contributed by atoms with Gasteiger partial charge in [-0.1, -0.05) is 35.5 Å². The number of carbonyl (C=O) groups excluding carboxylic acids is 1. The largest absolute Gasteiger partial charge is 0.497 e. The minimum absolute atomic E-state index is 0.108. The number of benzene rings is 3. The van der Waals surface area contributed by atoms with Gasteiger partial charge in [0.15, 0.2) is 11.5 Å². The zero-order valence-corrected chi connectivity index (χ0v) is 15.3. The molecule has 4 aromatic rings. The Morgan fingerprint density at radius 3 is 2.57 bits per heavy atom. The standard InChI is InChI=1S/C23H18N2O3/c1-27-19-10-8-18(9-11-19)24-14-13-22(26)17-7-12-21-20(15-17)23(28-25-21)16-5-3-2-4-6-16/h2-15,24H,1H3. The van der Waals surface area contributed by atoms with Gasteiger partial charge < -0.3 is 14.6 Å². The number of carbonyl (C=O) groups is 1. The fourth-order valence-corrected chi connectivity index (χ4v) is 2.89. The van der Waals surface area contributed by atoms with Crippen LogP contribution >= 0.6 is 0 Å². The van der Waals surface area contributed by atoms with Crippen LogP contribution in [-0.2, 0) is 0 Å². The zero-order valence-electron chi connectivity index (χ0n) is 15.3. The molecule has 0 saturated heterocycles. The Bertz CT molecular complexity index is 1130. The molecule has 0 aliphatic heterocycles. The maximum absolute atomic E-state index is 12.6.